The van der Waals surface area contributed by atoms with Crippen molar-refractivity contribution in [3.63, 3.8) is 0 Å². The van der Waals surface area contributed by atoms with Gasteiger partial charge in [-0.2, -0.15) is 4.98 Å². The van der Waals surface area contributed by atoms with Crippen LogP contribution in [0.15, 0.2) is 90.0 Å². The summed E-state index contributed by atoms with van der Waals surface area (Å²) in [6.45, 7) is 12.6. The molecule has 2 aromatic heterocycles. The van der Waals surface area contributed by atoms with Gasteiger partial charge >= 0.3 is 0 Å². The number of sulfonamides is 1. The second kappa shape index (κ2) is 22.3. The van der Waals surface area contributed by atoms with Gasteiger partial charge < -0.3 is 43.8 Å². The van der Waals surface area contributed by atoms with Gasteiger partial charge in [-0.3, -0.25) is 24.7 Å². The topological polar surface area (TPSA) is 206 Å². The minimum Gasteiger partial charge on any atom is -0.491 e. The van der Waals surface area contributed by atoms with Crippen molar-refractivity contribution in [2.45, 2.75) is 114 Å². The molecule has 1 saturated carbocycles. The molecule has 4 atom stereocenters. The quantitative estimate of drug-likeness (QED) is 0.0726. The van der Waals surface area contributed by atoms with Gasteiger partial charge in [-0.05, 0) is 131 Å². The lowest BCUT2D eigenvalue weighted by atomic mass is 9.59. The summed E-state index contributed by atoms with van der Waals surface area (Å²) in [4.78, 5) is 44.0. The monoisotopic (exact) mass is 1170 g/mol. The maximum Gasteiger partial charge on any atom is 0.297 e. The molecule has 6 aromatic rings. The number of nitrogens with one attached hydrogen (secondary N) is 3. The molecule has 3 N–H and O–H groups in total. The Morgan fingerprint density at radius 2 is 1.76 bits per heavy atom. The van der Waals surface area contributed by atoms with Gasteiger partial charge in [0.15, 0.2) is 11.4 Å². The van der Waals surface area contributed by atoms with Gasteiger partial charge in [-0.25, -0.2) is 17.5 Å². The Hall–Kier alpha value is -6.75. The number of pyridine rings is 1. The molecule has 1 amide bonds. The standard InChI is InChI=1S/C61H69ClFN9O10S/c1-36(2)81-53-7-5-4-6-44(53)52-33-68(32-38-24-37(3)56(63)46(62)25-38)19-20-70(52)42-30-61(31-42)14-17-69(18-15-61)41-8-9-45(49(27-41)71-48-13-23-79-35-55(48)82-60-51(71)26-40-10-16-64-58(40)66-60)59(73)67-83(76,77)43-28-50(72(74)75)57-54(29-43)80-34-47(65-57)39-11-21-78-22-12-39/h4-10,16,24-29,36,39,42,47-48,52,55,65H,11-15,17-23,30-35H2,1-3H3,(H,64,66)(H,67,73)/t47-,48-,52-,55-/m0/s1. The van der Waals surface area contributed by atoms with E-state index in [1.165, 1.54) is 6.07 Å². The highest BCUT2D eigenvalue weighted by Gasteiger charge is 2.51. The van der Waals surface area contributed by atoms with Crippen LogP contribution < -0.4 is 34.0 Å². The van der Waals surface area contributed by atoms with Crippen molar-refractivity contribution >= 4 is 67.0 Å². The van der Waals surface area contributed by atoms with Crippen LogP contribution in [0.3, 0.4) is 0 Å². The molecule has 4 aromatic carbocycles. The predicted octanol–water partition coefficient (Wildman–Crippen LogP) is 10.1. The molecular weight excluding hydrogens is 1110 g/mol. The number of anilines is 4. The lowest BCUT2D eigenvalue weighted by Gasteiger charge is -2.58. The van der Waals surface area contributed by atoms with E-state index in [-0.39, 0.29) is 76.6 Å². The number of aromatic amines is 1. The fraction of sp³-hybridized carbons (Fsp3) is 0.475. The van der Waals surface area contributed by atoms with Gasteiger partial charge in [0, 0.05) is 100 Å². The smallest absolute Gasteiger partial charge is 0.297 e. The molecule has 4 saturated heterocycles. The van der Waals surface area contributed by atoms with Crippen LogP contribution in [0.1, 0.15) is 91.9 Å². The number of benzene rings is 4. The molecule has 6 aliphatic heterocycles. The van der Waals surface area contributed by atoms with Gasteiger partial charge in [0.1, 0.15) is 35.6 Å². The molecule has 13 rings (SSSR count). The van der Waals surface area contributed by atoms with Crippen molar-refractivity contribution in [1.82, 2.24) is 24.5 Å². The van der Waals surface area contributed by atoms with Gasteiger partial charge in [-0.15, -0.1) is 0 Å². The molecule has 83 heavy (non-hydrogen) atoms. The summed E-state index contributed by atoms with van der Waals surface area (Å²) >= 11 is 6.34. The van der Waals surface area contributed by atoms with Crippen LogP contribution in [0.4, 0.5) is 32.8 Å². The molecule has 7 aliphatic rings. The summed E-state index contributed by atoms with van der Waals surface area (Å²) in [5.74, 6) is 0.116. The summed E-state index contributed by atoms with van der Waals surface area (Å²) < 4.78 is 76.3. The normalized spacial score (nSPS) is 23.1. The maximum absolute atomic E-state index is 14.9. The largest absolute Gasteiger partial charge is 0.491 e. The van der Waals surface area contributed by atoms with Gasteiger partial charge in [0.05, 0.1) is 56.9 Å². The van der Waals surface area contributed by atoms with E-state index in [1.807, 2.05) is 36.4 Å². The number of para-hydroxylation sites is 1. The Balaban J connectivity index is 0.773. The van der Waals surface area contributed by atoms with Gasteiger partial charge in [-0.1, -0.05) is 35.9 Å². The van der Waals surface area contributed by atoms with E-state index in [1.54, 1.807) is 25.3 Å². The number of carbonyl (C=O) groups excluding carboxylic acids is 1. The van der Waals surface area contributed by atoms with E-state index < -0.39 is 37.5 Å². The van der Waals surface area contributed by atoms with Crippen LogP contribution in [0.2, 0.25) is 5.02 Å². The SMILES string of the molecule is Cc1cc(CN2CCN(C3CC4(CCN(c5ccc(C(=O)NS(=O)(=O)c6cc7c(c([N+](=O)[O-])c6)N[C@H](C6CCOCC6)CO7)c(N6c7cc8cc[nH]c8nc7O[C@H]7COCC[C@@H]76)c5)CC4)C3)[C@H](c3ccccc3OC(C)C)C2)cc(Cl)c1F. The number of nitrogens with zero attached hydrogens (tertiary/aromatic N) is 6. The minimum atomic E-state index is -4.73. The zero-order valence-electron chi connectivity index (χ0n) is 46.8. The van der Waals surface area contributed by atoms with Crippen molar-refractivity contribution in [2.24, 2.45) is 11.3 Å². The highest BCUT2D eigenvalue weighted by atomic mass is 35.5. The molecule has 19 nitrogen and oxygen atoms in total. The Morgan fingerprint density at radius 3 is 2.54 bits per heavy atom. The lowest BCUT2D eigenvalue weighted by Crippen LogP contribution is -2.59. The zero-order valence-corrected chi connectivity index (χ0v) is 48.4. The molecule has 1 aliphatic carbocycles. The number of halogens is 2. The number of carbonyl (C=O) groups is 1. The second-order valence-electron chi connectivity index (χ2n) is 23.9. The maximum atomic E-state index is 14.9. The minimum absolute atomic E-state index is 0.00553. The number of aryl methyl sites for hydroxylation is 1. The number of nitro groups is 1. The number of hydrogen-bond acceptors (Lipinski definition) is 16. The molecule has 0 bridgehead atoms. The molecule has 438 valence electrons. The Morgan fingerprint density at radius 1 is 0.964 bits per heavy atom. The first kappa shape index (κ1) is 55.4. The van der Waals surface area contributed by atoms with E-state index in [4.69, 9.17) is 40.3 Å². The first-order valence-electron chi connectivity index (χ1n) is 29.0. The number of aromatic nitrogens is 2. The Labute approximate surface area is 486 Å². The second-order valence-corrected chi connectivity index (χ2v) is 25.9. The molecule has 22 heteroatoms. The number of fused-ring (bicyclic) bond motifs is 4. The van der Waals surface area contributed by atoms with Crippen molar-refractivity contribution < 1.29 is 46.2 Å². The number of amides is 1. The van der Waals surface area contributed by atoms with Crippen molar-refractivity contribution in [3.8, 4) is 17.4 Å². The number of H-pyrrole nitrogens is 1. The van der Waals surface area contributed by atoms with Crippen LogP contribution in [0.25, 0.3) is 11.0 Å². The predicted molar refractivity (Wildman–Crippen MR) is 312 cm³/mol. The van der Waals surface area contributed by atoms with Crippen molar-refractivity contribution in [2.75, 3.05) is 80.9 Å². The molecule has 1 spiro atoms. The highest BCUT2D eigenvalue weighted by molar-refractivity contribution is 7.90. The van der Waals surface area contributed by atoms with E-state index in [0.29, 0.717) is 67.3 Å². The van der Waals surface area contributed by atoms with E-state index in [2.05, 4.69) is 66.7 Å². The third kappa shape index (κ3) is 10.8. The van der Waals surface area contributed by atoms with E-state index in [0.717, 1.165) is 105 Å². The fourth-order valence-electron chi connectivity index (χ4n) is 14.0. The van der Waals surface area contributed by atoms with E-state index >= 15 is 0 Å². The van der Waals surface area contributed by atoms with Crippen molar-refractivity contribution in [3.05, 3.63) is 128 Å². The number of hydrogen-bond donors (Lipinski definition) is 3. The third-order valence-electron chi connectivity index (χ3n) is 18.3. The number of rotatable bonds is 13. The Bertz CT molecular complexity index is 3560. The number of piperazine rings is 1. The first-order chi connectivity index (χ1) is 40.1. The van der Waals surface area contributed by atoms with E-state index in [9.17, 15) is 27.7 Å². The Kier molecular flexibility index (Phi) is 14.9. The summed E-state index contributed by atoms with van der Waals surface area (Å²) in [6.07, 6.45) is 7.43. The number of ether oxygens (including phenoxy) is 5. The van der Waals surface area contributed by atoms with Crippen LogP contribution >= 0.6 is 11.6 Å². The van der Waals surface area contributed by atoms with Crippen LogP contribution in [0, 0.1) is 34.2 Å². The molecule has 0 radical (unpaired) electrons. The van der Waals surface area contributed by atoms with Crippen LogP contribution in [0.5, 0.6) is 17.4 Å². The summed E-state index contributed by atoms with van der Waals surface area (Å²) in [7, 11) is -4.73. The molecule has 8 heterocycles. The average Bonchev–Trinajstić information content (AvgIpc) is 2.02. The van der Waals surface area contributed by atoms with Crippen LogP contribution in [-0.2, 0) is 26.0 Å². The average molecular weight is 1170 g/mol. The summed E-state index contributed by atoms with van der Waals surface area (Å²) in [6, 6.07) is 23.5. The number of nitro benzene ring substituents is 1. The number of piperidine rings is 1. The summed E-state index contributed by atoms with van der Waals surface area (Å²) in [5, 5.41) is 16.8. The highest BCUT2D eigenvalue weighted by Crippen LogP contribution is 2.54. The van der Waals surface area contributed by atoms with Gasteiger partial charge in [0.2, 0.25) is 5.88 Å². The molecule has 0 unspecified atom stereocenters. The summed E-state index contributed by atoms with van der Waals surface area (Å²) in [5.41, 5.74) is 5.12. The van der Waals surface area contributed by atoms with Crippen molar-refractivity contribution in [1.29, 1.82) is 0 Å². The third-order valence-corrected chi connectivity index (χ3v) is 19.9. The first-order valence-corrected chi connectivity index (χ1v) is 30.9. The van der Waals surface area contributed by atoms with Crippen LogP contribution in [-0.4, -0.2) is 135 Å². The zero-order chi connectivity index (χ0) is 57.3. The molecule has 5 fully saturated rings. The van der Waals surface area contributed by atoms with Gasteiger partial charge in [0.25, 0.3) is 21.6 Å². The molecular formula is C61H69ClFN9O10S. The lowest BCUT2D eigenvalue weighted by molar-refractivity contribution is -0.384. The fourth-order valence-corrected chi connectivity index (χ4v) is 15.3.